The number of hydrogen-bond donors (Lipinski definition) is 0. The molecule has 0 N–H and O–H groups in total. The molecule has 3 rings (SSSR count). The van der Waals surface area contributed by atoms with E-state index in [9.17, 15) is 52.7 Å². The van der Waals surface area contributed by atoms with Gasteiger partial charge < -0.3 is 0 Å². The fourth-order valence-electron chi connectivity index (χ4n) is 4.19. The van der Waals surface area contributed by atoms with Crippen molar-refractivity contribution in [1.29, 1.82) is 0 Å². The third-order valence-corrected chi connectivity index (χ3v) is 5.65. The summed E-state index contributed by atoms with van der Waals surface area (Å²) in [6.07, 6.45) is -25.4. The first-order chi connectivity index (χ1) is 13.1. The number of rotatable bonds is 5. The van der Waals surface area contributed by atoms with E-state index in [0.29, 0.717) is 0 Å². The molecule has 178 valence electrons. The summed E-state index contributed by atoms with van der Waals surface area (Å²) in [4.78, 5) is 7.89. The smallest absolute Gasteiger partial charge is 0.281 e. The molecular weight excluding hydrogens is 456 g/mol. The van der Waals surface area contributed by atoms with Gasteiger partial charge >= 0.3 is 25.2 Å². The normalized spacial score (nSPS) is 30.0. The van der Waals surface area contributed by atoms with Crippen molar-refractivity contribution in [2.45, 2.75) is 63.9 Å². The maximum absolute atomic E-state index is 12.9. The number of hydrogen-bond acceptors (Lipinski definition) is 4. The second kappa shape index (κ2) is 7.27. The average molecular weight is 472 g/mol. The van der Waals surface area contributed by atoms with E-state index in [1.165, 1.54) is 13.8 Å². The van der Waals surface area contributed by atoms with Crippen molar-refractivity contribution in [3.05, 3.63) is 0 Å². The highest BCUT2D eigenvalue weighted by atomic mass is 19.4. The maximum Gasteiger partial charge on any atom is 0.490 e. The van der Waals surface area contributed by atoms with Crippen LogP contribution >= 0.6 is 0 Å². The molecule has 0 aromatic heterocycles. The summed E-state index contributed by atoms with van der Waals surface area (Å²) in [6.45, 7) is 1.02. The Morgan fingerprint density at radius 1 is 0.767 bits per heavy atom. The molecule has 0 unspecified atom stereocenters. The predicted molar refractivity (Wildman–Crippen MR) is 72.3 cm³/mol. The molecule has 3 aliphatic carbocycles. The minimum Gasteiger partial charge on any atom is -0.281 e. The molecule has 30 heavy (non-hydrogen) atoms. The summed E-state index contributed by atoms with van der Waals surface area (Å²) in [7, 11) is 0. The Kier molecular flexibility index (Phi) is 6.12. The fraction of sp³-hybridized carbons (Fsp3) is 1.00. The fourth-order valence-corrected chi connectivity index (χ4v) is 4.19. The van der Waals surface area contributed by atoms with Crippen LogP contribution in [-0.4, -0.2) is 47.5 Å². The van der Waals surface area contributed by atoms with Crippen LogP contribution < -0.4 is 0 Å². The molecule has 0 aliphatic heterocycles. The standard InChI is InChI=1S/C14H16F12N2O2/c1-9(2)7-3-4-10(8(9)5-7,30-28(13(21,22)23)14(24,25)26)6-29-27(11(15,16)17)12(18,19)20/h7-8H,3-6H2,1-2H3/t7-,8+,10+/m1/s1. The Morgan fingerprint density at radius 3 is 1.53 bits per heavy atom. The monoisotopic (exact) mass is 472 g/mol. The highest BCUT2D eigenvalue weighted by Crippen LogP contribution is 2.64. The number of alkyl halides is 12. The van der Waals surface area contributed by atoms with Crippen molar-refractivity contribution >= 4 is 0 Å². The van der Waals surface area contributed by atoms with E-state index in [-0.39, 0.29) is 18.8 Å². The predicted octanol–water partition coefficient (Wildman–Crippen LogP) is 5.73. The molecule has 0 aromatic rings. The largest absolute Gasteiger partial charge is 0.490 e. The summed E-state index contributed by atoms with van der Waals surface area (Å²) >= 11 is 0. The summed E-state index contributed by atoms with van der Waals surface area (Å²) in [5, 5.41) is -4.70. The van der Waals surface area contributed by atoms with Crippen LogP contribution in [0.1, 0.15) is 33.1 Å². The van der Waals surface area contributed by atoms with Crippen molar-refractivity contribution in [3.63, 3.8) is 0 Å². The number of nitrogens with zero attached hydrogens (tertiary/aromatic N) is 2. The van der Waals surface area contributed by atoms with Gasteiger partial charge in [0.2, 0.25) is 0 Å². The first-order valence-corrected chi connectivity index (χ1v) is 8.32. The van der Waals surface area contributed by atoms with Gasteiger partial charge in [-0.25, -0.2) is 0 Å². The highest BCUT2D eigenvalue weighted by Gasteiger charge is 2.68. The van der Waals surface area contributed by atoms with Gasteiger partial charge in [0.15, 0.2) is 0 Å². The Hall–Kier alpha value is -1.00. The van der Waals surface area contributed by atoms with Gasteiger partial charge in [0, 0.05) is 10.1 Å². The van der Waals surface area contributed by atoms with Crippen LogP contribution in [0.4, 0.5) is 52.7 Å². The van der Waals surface area contributed by atoms with E-state index in [4.69, 9.17) is 0 Å². The lowest BCUT2D eigenvalue weighted by molar-refractivity contribution is -0.531. The Bertz CT molecular complexity index is 596. The maximum atomic E-state index is 12.9. The van der Waals surface area contributed by atoms with Crippen LogP contribution in [0.3, 0.4) is 0 Å². The zero-order valence-corrected chi connectivity index (χ0v) is 15.2. The topological polar surface area (TPSA) is 24.9 Å². The molecule has 0 amide bonds. The molecular formula is C14H16F12N2O2. The van der Waals surface area contributed by atoms with Crippen LogP contribution in [0, 0.1) is 17.3 Å². The van der Waals surface area contributed by atoms with E-state index in [1.54, 1.807) is 0 Å². The van der Waals surface area contributed by atoms with Crippen LogP contribution in [0.5, 0.6) is 0 Å². The SMILES string of the molecule is CC1(C)[C@@H]2CC[C@@](CON(C(F)(F)F)C(F)(F)F)(ON(C(F)(F)F)C(F)(F)F)[C@H]1C2. The van der Waals surface area contributed by atoms with Gasteiger partial charge in [-0.05, 0) is 36.5 Å². The summed E-state index contributed by atoms with van der Waals surface area (Å²) < 4.78 is 154. The van der Waals surface area contributed by atoms with Crippen molar-refractivity contribution in [3.8, 4) is 0 Å². The van der Waals surface area contributed by atoms with Crippen molar-refractivity contribution in [2.24, 2.45) is 17.3 Å². The molecule has 3 saturated carbocycles. The molecule has 3 aliphatic rings. The van der Waals surface area contributed by atoms with Crippen LogP contribution in [0.15, 0.2) is 0 Å². The van der Waals surface area contributed by atoms with Crippen LogP contribution in [0.2, 0.25) is 0 Å². The zero-order valence-electron chi connectivity index (χ0n) is 15.2. The Balaban J connectivity index is 2.41. The number of fused-ring (bicyclic) bond motifs is 2. The van der Waals surface area contributed by atoms with E-state index in [2.05, 4.69) is 9.68 Å². The number of halogens is 12. The lowest BCUT2D eigenvalue weighted by Crippen LogP contribution is -2.68. The van der Waals surface area contributed by atoms with Gasteiger partial charge in [-0.15, -0.1) is 0 Å². The quantitative estimate of drug-likeness (QED) is 0.290. The van der Waals surface area contributed by atoms with Gasteiger partial charge in [0.25, 0.3) is 0 Å². The first-order valence-electron chi connectivity index (χ1n) is 8.32. The van der Waals surface area contributed by atoms with Crippen molar-refractivity contribution in [2.75, 3.05) is 6.61 Å². The number of hydroxylamine groups is 4. The molecule has 0 heterocycles. The minimum atomic E-state index is -6.16. The van der Waals surface area contributed by atoms with Gasteiger partial charge in [-0.1, -0.05) is 13.8 Å². The summed E-state index contributed by atoms with van der Waals surface area (Å²) in [5.41, 5.74) is -3.73. The lowest BCUT2D eigenvalue weighted by Gasteiger charge is -2.64. The second-order valence-corrected chi connectivity index (χ2v) is 7.73. The van der Waals surface area contributed by atoms with E-state index in [0.717, 1.165) is 0 Å². The van der Waals surface area contributed by atoms with Crippen molar-refractivity contribution in [1.82, 2.24) is 10.1 Å². The van der Waals surface area contributed by atoms with Gasteiger partial charge in [0.05, 0.1) is 0 Å². The first kappa shape index (κ1) is 25.3. The molecule has 0 spiro atoms. The highest BCUT2D eigenvalue weighted by molar-refractivity contribution is 5.11. The van der Waals surface area contributed by atoms with Crippen molar-refractivity contribution < 1.29 is 62.4 Å². The third kappa shape index (κ3) is 4.75. The second-order valence-electron chi connectivity index (χ2n) is 7.73. The molecule has 2 bridgehead atoms. The molecule has 0 radical (unpaired) electrons. The van der Waals surface area contributed by atoms with Crippen LogP contribution in [0.25, 0.3) is 0 Å². The van der Waals surface area contributed by atoms with Gasteiger partial charge in [0.1, 0.15) is 12.2 Å². The minimum absolute atomic E-state index is 0.0437. The molecule has 3 atom stereocenters. The summed E-state index contributed by atoms with van der Waals surface area (Å²) in [6, 6.07) is 0. The molecule has 4 nitrogen and oxygen atoms in total. The molecule has 16 heteroatoms. The van der Waals surface area contributed by atoms with Crippen LogP contribution in [-0.2, 0) is 9.68 Å². The van der Waals surface area contributed by atoms with E-state index in [1.807, 2.05) is 0 Å². The molecule has 3 fully saturated rings. The Morgan fingerprint density at radius 2 is 1.20 bits per heavy atom. The zero-order chi connectivity index (χ0) is 23.6. The Labute approximate surface area is 161 Å². The van der Waals surface area contributed by atoms with Gasteiger partial charge in [-0.2, -0.15) is 52.7 Å². The molecule has 0 saturated heterocycles. The van der Waals surface area contributed by atoms with E-state index < -0.39 is 65.3 Å². The third-order valence-electron chi connectivity index (χ3n) is 5.65. The molecule has 0 aromatic carbocycles. The van der Waals surface area contributed by atoms with Gasteiger partial charge in [-0.3, -0.25) is 9.68 Å². The summed E-state index contributed by atoms with van der Waals surface area (Å²) in [5.74, 6) is -1.41. The average Bonchev–Trinajstić information content (AvgIpc) is 2.48. The lowest BCUT2D eigenvalue weighted by atomic mass is 9.44. The van der Waals surface area contributed by atoms with E-state index >= 15 is 0 Å².